The van der Waals surface area contributed by atoms with Crippen molar-refractivity contribution in [1.82, 2.24) is 14.3 Å². The second-order valence-electron chi connectivity index (χ2n) is 8.21. The van der Waals surface area contributed by atoms with Crippen LogP contribution in [0.25, 0.3) is 16.9 Å². The maximum absolute atomic E-state index is 4.97. The molecule has 1 fully saturated rings. The lowest BCUT2D eigenvalue weighted by atomic mass is 9.99. The highest BCUT2D eigenvalue weighted by Crippen LogP contribution is 2.32. The molecule has 1 atom stereocenters. The van der Waals surface area contributed by atoms with Crippen LogP contribution in [-0.2, 0) is 6.42 Å². The molecule has 1 saturated heterocycles. The van der Waals surface area contributed by atoms with Crippen LogP contribution in [0.4, 0.5) is 0 Å². The Bertz CT molecular complexity index is 905. The summed E-state index contributed by atoms with van der Waals surface area (Å²) >= 11 is 3.54. The third kappa shape index (κ3) is 3.33. The summed E-state index contributed by atoms with van der Waals surface area (Å²) in [7, 11) is 0. The summed E-state index contributed by atoms with van der Waals surface area (Å²) in [4.78, 5) is 7.64. The van der Waals surface area contributed by atoms with Gasteiger partial charge in [-0.1, -0.05) is 34.1 Å². The summed E-state index contributed by atoms with van der Waals surface area (Å²) < 4.78 is 3.37. The molecule has 3 heterocycles. The molecule has 0 aliphatic carbocycles. The number of benzene rings is 1. The maximum Gasteiger partial charge on any atom is 0.137 e. The fraction of sp³-hybridized carbons (Fsp3) is 0.409. The Morgan fingerprint density at radius 3 is 2.62 bits per heavy atom. The third-order valence-corrected chi connectivity index (χ3v) is 5.94. The van der Waals surface area contributed by atoms with E-state index in [1.807, 2.05) is 0 Å². The van der Waals surface area contributed by atoms with E-state index >= 15 is 0 Å². The molecule has 3 aromatic rings. The Morgan fingerprint density at radius 2 is 1.88 bits per heavy atom. The molecule has 1 aromatic carbocycles. The zero-order valence-corrected chi connectivity index (χ0v) is 17.3. The summed E-state index contributed by atoms with van der Waals surface area (Å²) in [5.41, 5.74) is 4.86. The summed E-state index contributed by atoms with van der Waals surface area (Å²) in [6, 6.07) is 15.3. The van der Waals surface area contributed by atoms with Gasteiger partial charge in [0.05, 0.1) is 11.4 Å². The van der Waals surface area contributed by atoms with Crippen molar-refractivity contribution in [2.75, 3.05) is 6.54 Å². The lowest BCUT2D eigenvalue weighted by molar-refractivity contribution is 0.120. The molecule has 1 unspecified atom stereocenters. The highest BCUT2D eigenvalue weighted by Gasteiger charge is 2.34. The van der Waals surface area contributed by atoms with Gasteiger partial charge in [0.15, 0.2) is 0 Å². The summed E-state index contributed by atoms with van der Waals surface area (Å²) in [6.45, 7) is 8.18. The normalized spacial score (nSPS) is 18.7. The monoisotopic (exact) mass is 411 g/mol. The zero-order valence-electron chi connectivity index (χ0n) is 15.7. The molecule has 0 N–H and O–H groups in total. The molecular formula is C22H26BrN3. The van der Waals surface area contributed by atoms with Crippen LogP contribution in [0.15, 0.2) is 53.1 Å². The molecule has 0 spiro atoms. The van der Waals surface area contributed by atoms with Gasteiger partial charge in [0.25, 0.3) is 0 Å². The van der Waals surface area contributed by atoms with E-state index in [0.717, 1.165) is 22.2 Å². The van der Waals surface area contributed by atoms with Crippen molar-refractivity contribution in [3.05, 3.63) is 58.8 Å². The minimum atomic E-state index is 0.208. The summed E-state index contributed by atoms with van der Waals surface area (Å²) in [5.74, 6) is 0. The van der Waals surface area contributed by atoms with Gasteiger partial charge in [0.1, 0.15) is 5.65 Å². The van der Waals surface area contributed by atoms with E-state index in [1.165, 1.54) is 30.6 Å². The Labute approximate surface area is 164 Å². The van der Waals surface area contributed by atoms with Gasteiger partial charge in [-0.3, -0.25) is 4.90 Å². The number of halogens is 1. The molecule has 0 radical (unpaired) electrons. The van der Waals surface area contributed by atoms with Crippen molar-refractivity contribution in [3.8, 4) is 11.3 Å². The number of fused-ring (bicyclic) bond motifs is 1. The van der Waals surface area contributed by atoms with E-state index in [0.29, 0.717) is 6.04 Å². The molecule has 3 nitrogen and oxygen atoms in total. The Kier molecular flexibility index (Phi) is 4.66. The van der Waals surface area contributed by atoms with Gasteiger partial charge in [-0.25, -0.2) is 4.98 Å². The molecule has 1 aliphatic heterocycles. The lowest BCUT2D eigenvalue weighted by Gasteiger charge is -2.37. The van der Waals surface area contributed by atoms with Crippen molar-refractivity contribution in [3.63, 3.8) is 0 Å². The van der Waals surface area contributed by atoms with Gasteiger partial charge in [-0.05, 0) is 64.4 Å². The zero-order chi connectivity index (χ0) is 18.3. The predicted octanol–water partition coefficient (Wildman–Crippen LogP) is 5.57. The van der Waals surface area contributed by atoms with Crippen LogP contribution in [0.5, 0.6) is 0 Å². The van der Waals surface area contributed by atoms with Crippen LogP contribution < -0.4 is 0 Å². The first-order valence-electron chi connectivity index (χ1n) is 9.42. The Hall–Kier alpha value is -1.65. The molecular weight excluding hydrogens is 386 g/mol. The Balaban J connectivity index is 1.78. The molecule has 0 bridgehead atoms. The minimum Gasteiger partial charge on any atom is -0.303 e. The first-order chi connectivity index (χ1) is 12.4. The van der Waals surface area contributed by atoms with Gasteiger partial charge in [-0.15, -0.1) is 0 Å². The van der Waals surface area contributed by atoms with Crippen LogP contribution in [0.3, 0.4) is 0 Å². The van der Waals surface area contributed by atoms with Crippen molar-refractivity contribution < 1.29 is 0 Å². The third-order valence-electron chi connectivity index (χ3n) is 5.41. The van der Waals surface area contributed by atoms with Gasteiger partial charge < -0.3 is 4.40 Å². The molecule has 1 aliphatic rings. The second-order valence-corrected chi connectivity index (χ2v) is 9.12. The second kappa shape index (κ2) is 6.82. The number of hydrogen-bond donors (Lipinski definition) is 0. The first-order valence-corrected chi connectivity index (χ1v) is 10.2. The van der Waals surface area contributed by atoms with E-state index < -0.39 is 0 Å². The molecule has 0 amide bonds. The highest BCUT2D eigenvalue weighted by molar-refractivity contribution is 9.10. The van der Waals surface area contributed by atoms with Crippen molar-refractivity contribution in [1.29, 1.82) is 0 Å². The van der Waals surface area contributed by atoms with E-state index in [1.54, 1.807) is 0 Å². The quantitative estimate of drug-likeness (QED) is 0.561. The molecule has 0 saturated carbocycles. The van der Waals surface area contributed by atoms with E-state index in [9.17, 15) is 0 Å². The smallest absolute Gasteiger partial charge is 0.137 e. The first kappa shape index (κ1) is 17.7. The molecule has 2 aromatic heterocycles. The molecule has 4 rings (SSSR count). The lowest BCUT2D eigenvalue weighted by Crippen LogP contribution is -2.45. The van der Waals surface area contributed by atoms with Crippen molar-refractivity contribution in [2.24, 2.45) is 0 Å². The topological polar surface area (TPSA) is 20.5 Å². The number of imidazole rings is 1. The van der Waals surface area contributed by atoms with Crippen molar-refractivity contribution >= 4 is 21.6 Å². The van der Waals surface area contributed by atoms with Crippen LogP contribution in [0.1, 0.15) is 39.3 Å². The number of rotatable bonds is 3. The van der Waals surface area contributed by atoms with Crippen LogP contribution in [-0.4, -0.2) is 32.4 Å². The largest absolute Gasteiger partial charge is 0.303 e. The van der Waals surface area contributed by atoms with Crippen LogP contribution in [0.2, 0.25) is 0 Å². The van der Waals surface area contributed by atoms with E-state index in [2.05, 4.69) is 94.7 Å². The van der Waals surface area contributed by atoms with Crippen LogP contribution >= 0.6 is 15.9 Å². The fourth-order valence-corrected chi connectivity index (χ4v) is 4.50. The molecule has 136 valence electrons. The van der Waals surface area contributed by atoms with Gasteiger partial charge >= 0.3 is 0 Å². The average molecular weight is 412 g/mol. The summed E-state index contributed by atoms with van der Waals surface area (Å²) in [6.07, 6.45) is 5.73. The molecule has 26 heavy (non-hydrogen) atoms. The highest BCUT2D eigenvalue weighted by atomic mass is 79.9. The SMILES string of the molecule is CC(C)(C)N1CCCC1Cc1c(-c2ccc(Br)cc2)nc2ccccn12. The number of likely N-dealkylation sites (tertiary alicyclic amines) is 1. The summed E-state index contributed by atoms with van der Waals surface area (Å²) in [5, 5.41) is 0. The minimum absolute atomic E-state index is 0.208. The van der Waals surface area contributed by atoms with Gasteiger partial charge in [0.2, 0.25) is 0 Å². The maximum atomic E-state index is 4.97. The van der Waals surface area contributed by atoms with Gasteiger partial charge in [0, 0.05) is 34.2 Å². The predicted molar refractivity (Wildman–Crippen MR) is 112 cm³/mol. The standard InChI is InChI=1S/C22H26BrN3/c1-22(2,3)26-14-6-7-18(26)15-19-21(16-9-11-17(23)12-10-16)24-20-8-4-5-13-25(19)20/h4-5,8-13,18H,6-7,14-15H2,1-3H3. The number of aromatic nitrogens is 2. The Morgan fingerprint density at radius 1 is 1.12 bits per heavy atom. The van der Waals surface area contributed by atoms with Gasteiger partial charge in [-0.2, -0.15) is 0 Å². The van der Waals surface area contributed by atoms with E-state index in [4.69, 9.17) is 4.98 Å². The van der Waals surface area contributed by atoms with Crippen molar-refractivity contribution in [2.45, 2.75) is 51.6 Å². The number of nitrogens with zero attached hydrogens (tertiary/aromatic N) is 3. The van der Waals surface area contributed by atoms with Crippen LogP contribution in [0, 0.1) is 0 Å². The molecule has 4 heteroatoms. The number of pyridine rings is 1. The van der Waals surface area contributed by atoms with E-state index in [-0.39, 0.29) is 5.54 Å². The number of hydrogen-bond acceptors (Lipinski definition) is 2. The fourth-order valence-electron chi connectivity index (χ4n) is 4.23. The average Bonchev–Trinajstić information content (AvgIpc) is 3.21.